The third-order valence-electron chi connectivity index (χ3n) is 18.1. The van der Waals surface area contributed by atoms with Crippen molar-refractivity contribution >= 4 is 57.0 Å². The van der Waals surface area contributed by atoms with E-state index in [1.165, 1.54) is 156 Å². The Labute approximate surface area is 468 Å². The fourth-order valence-electron chi connectivity index (χ4n) is 12.4. The van der Waals surface area contributed by atoms with Crippen LogP contribution in [0.4, 0.5) is 0 Å². The highest BCUT2D eigenvalue weighted by Crippen LogP contribution is 2.56. The predicted molar refractivity (Wildman–Crippen MR) is 324 cm³/mol. The Morgan fingerprint density at radius 1 is 0.378 bits per heavy atom. The molecule has 2 fully saturated rings. The van der Waals surface area contributed by atoms with Gasteiger partial charge in [0.25, 0.3) is 0 Å². The standard InChI is InChI=1S/C41H64B2O4.C23H30Br2N2/c1-11-13-15-17-19-21-27-41(28-22-20-18-16-14-12-2)35-29-31(42-44-37(3,4)38(5,6)45-42)23-25-33(35)34-26-24-32(30-36(34)41)43-46-39(7,8)40(9,10)47-43;1-26(2)13-5-11-23(12-6-14-27(3)4)21-15-17(24)7-9-19(21)20-10-8-18(25)16-22(20)23/h23-26,29-30H,11-22,27-28H2,1-10H3;7-10,15-16H,5-6,11-14H2,1-4H3. The highest BCUT2D eigenvalue weighted by molar-refractivity contribution is 9.10. The molecule has 4 aliphatic rings. The van der Waals surface area contributed by atoms with E-state index in [1.807, 2.05) is 0 Å². The van der Waals surface area contributed by atoms with Crippen LogP contribution in [-0.4, -0.2) is 87.7 Å². The number of fused-ring (bicyclic) bond motifs is 6. The van der Waals surface area contributed by atoms with Gasteiger partial charge in [0, 0.05) is 19.8 Å². The second kappa shape index (κ2) is 24.8. The van der Waals surface area contributed by atoms with Gasteiger partial charge in [0.05, 0.1) is 22.4 Å². The van der Waals surface area contributed by atoms with Crippen LogP contribution in [0.2, 0.25) is 0 Å². The molecule has 4 aromatic rings. The summed E-state index contributed by atoms with van der Waals surface area (Å²) in [5, 5.41) is 0. The summed E-state index contributed by atoms with van der Waals surface area (Å²) in [5.41, 5.74) is 12.3. The summed E-state index contributed by atoms with van der Waals surface area (Å²) in [4.78, 5) is 4.60. The number of rotatable bonds is 24. The van der Waals surface area contributed by atoms with Gasteiger partial charge in [0.2, 0.25) is 0 Å². The lowest BCUT2D eigenvalue weighted by Gasteiger charge is -2.33. The molecule has 2 saturated heterocycles. The molecule has 6 nitrogen and oxygen atoms in total. The summed E-state index contributed by atoms with van der Waals surface area (Å²) in [6, 6.07) is 27.8. The first-order valence-corrected chi connectivity index (χ1v) is 30.5. The summed E-state index contributed by atoms with van der Waals surface area (Å²) in [6.45, 7) is 24.0. The molecule has 2 heterocycles. The van der Waals surface area contributed by atoms with Crippen LogP contribution in [0.1, 0.15) is 207 Å². The van der Waals surface area contributed by atoms with Crippen molar-refractivity contribution in [3.05, 3.63) is 104 Å². The van der Waals surface area contributed by atoms with Crippen LogP contribution in [-0.2, 0) is 29.4 Å². The summed E-state index contributed by atoms with van der Waals surface area (Å²) >= 11 is 7.47. The monoisotopic (exact) mass is 1130 g/mol. The SMILES string of the molecule is CCCCCCCCC1(CCCCCCCC)c2cc(B3OC(C)(C)C(C)(C)O3)ccc2-c2ccc(B3OC(C)(C)C(C)(C)O3)cc21.CN(C)CCCC1(CCCN(C)C)c2cc(Br)ccc2-c2ccc(Br)cc21. The van der Waals surface area contributed by atoms with Crippen LogP contribution in [0, 0.1) is 0 Å². The number of nitrogens with zero attached hydrogens (tertiary/aromatic N) is 2. The zero-order valence-corrected chi connectivity index (χ0v) is 51.7. The molecule has 2 aliphatic carbocycles. The Kier molecular flexibility index (Phi) is 19.9. The molecule has 0 N–H and O–H groups in total. The molecule has 10 heteroatoms. The van der Waals surface area contributed by atoms with Crippen LogP contribution in [0.5, 0.6) is 0 Å². The minimum atomic E-state index is -0.370. The van der Waals surface area contributed by atoms with Gasteiger partial charge >= 0.3 is 14.2 Å². The molecule has 0 bridgehead atoms. The van der Waals surface area contributed by atoms with E-state index < -0.39 is 0 Å². The molecule has 8 rings (SSSR count). The van der Waals surface area contributed by atoms with Crippen molar-refractivity contribution in [3.63, 3.8) is 0 Å². The van der Waals surface area contributed by atoms with E-state index in [2.05, 4.69) is 212 Å². The molecule has 0 radical (unpaired) electrons. The van der Waals surface area contributed by atoms with E-state index in [4.69, 9.17) is 18.6 Å². The molecule has 0 saturated carbocycles. The minimum Gasteiger partial charge on any atom is -0.399 e. The Bertz CT molecular complexity index is 2300. The van der Waals surface area contributed by atoms with E-state index >= 15 is 0 Å². The van der Waals surface area contributed by atoms with Gasteiger partial charge in [0.15, 0.2) is 0 Å². The van der Waals surface area contributed by atoms with E-state index in [0.717, 1.165) is 36.9 Å². The van der Waals surface area contributed by atoms with E-state index in [0.29, 0.717) is 0 Å². The number of hydrogen-bond acceptors (Lipinski definition) is 6. The first-order valence-electron chi connectivity index (χ1n) is 28.9. The number of halogens is 2. The maximum atomic E-state index is 6.60. The highest BCUT2D eigenvalue weighted by Gasteiger charge is 2.54. The summed E-state index contributed by atoms with van der Waals surface area (Å²) in [7, 11) is 7.95. The van der Waals surface area contributed by atoms with Gasteiger partial charge in [-0.2, -0.15) is 0 Å². The summed E-state index contributed by atoms with van der Waals surface area (Å²) in [5.74, 6) is 0. The first-order chi connectivity index (χ1) is 35.0. The van der Waals surface area contributed by atoms with Crippen molar-refractivity contribution in [2.45, 2.75) is 218 Å². The van der Waals surface area contributed by atoms with Crippen molar-refractivity contribution < 1.29 is 18.6 Å². The topological polar surface area (TPSA) is 43.4 Å². The van der Waals surface area contributed by atoms with Crippen LogP contribution in [0.25, 0.3) is 22.3 Å². The van der Waals surface area contributed by atoms with Gasteiger partial charge in [0.1, 0.15) is 0 Å². The third-order valence-corrected chi connectivity index (χ3v) is 19.1. The van der Waals surface area contributed by atoms with Crippen LogP contribution >= 0.6 is 31.9 Å². The van der Waals surface area contributed by atoms with Crippen molar-refractivity contribution in [2.24, 2.45) is 0 Å². The molecular formula is C64H94B2Br2N2O4. The lowest BCUT2D eigenvalue weighted by atomic mass is 9.67. The molecule has 0 aromatic heterocycles. The normalized spacial score (nSPS) is 18.9. The third kappa shape index (κ3) is 12.9. The lowest BCUT2D eigenvalue weighted by molar-refractivity contribution is 0.00578. The molecule has 0 unspecified atom stereocenters. The zero-order valence-electron chi connectivity index (χ0n) is 48.5. The fraction of sp³-hybridized carbons (Fsp3) is 0.625. The Morgan fingerprint density at radius 2 is 0.662 bits per heavy atom. The number of benzene rings is 4. The van der Waals surface area contributed by atoms with Gasteiger partial charge < -0.3 is 28.4 Å². The first kappa shape index (κ1) is 59.4. The predicted octanol–water partition coefficient (Wildman–Crippen LogP) is 16.2. The second-order valence-electron chi connectivity index (χ2n) is 25.2. The Hall–Kier alpha value is -2.27. The van der Waals surface area contributed by atoms with Gasteiger partial charge in [-0.3, -0.25) is 0 Å². The number of unbranched alkanes of at least 4 members (excludes halogenated alkanes) is 10. The quantitative estimate of drug-likeness (QED) is 0.0515. The van der Waals surface area contributed by atoms with Gasteiger partial charge in [-0.15, -0.1) is 0 Å². The van der Waals surface area contributed by atoms with Crippen LogP contribution < -0.4 is 10.9 Å². The largest absolute Gasteiger partial charge is 0.494 e. The maximum Gasteiger partial charge on any atom is 0.494 e. The van der Waals surface area contributed by atoms with Gasteiger partial charge in [-0.25, -0.2) is 0 Å². The average molecular weight is 1140 g/mol. The lowest BCUT2D eigenvalue weighted by Crippen LogP contribution is -2.41. The van der Waals surface area contributed by atoms with E-state index in [1.54, 1.807) is 0 Å². The molecule has 2 aliphatic heterocycles. The van der Waals surface area contributed by atoms with Crippen LogP contribution in [0.15, 0.2) is 81.7 Å². The fourth-order valence-corrected chi connectivity index (χ4v) is 13.1. The molecule has 404 valence electrons. The van der Waals surface area contributed by atoms with Crippen LogP contribution in [0.3, 0.4) is 0 Å². The summed E-state index contributed by atoms with van der Waals surface area (Å²) in [6.07, 6.45) is 22.7. The van der Waals surface area contributed by atoms with Crippen molar-refractivity contribution in [2.75, 3.05) is 41.3 Å². The molecule has 0 amide bonds. The smallest absolute Gasteiger partial charge is 0.399 e. The van der Waals surface area contributed by atoms with E-state index in [9.17, 15) is 0 Å². The van der Waals surface area contributed by atoms with Crippen molar-refractivity contribution in [3.8, 4) is 22.3 Å². The Balaban J connectivity index is 0.000000251. The maximum absolute atomic E-state index is 6.60. The highest BCUT2D eigenvalue weighted by atomic mass is 79.9. The van der Waals surface area contributed by atoms with Gasteiger partial charge in [-0.05, 0) is 215 Å². The molecule has 74 heavy (non-hydrogen) atoms. The molecule has 0 atom stereocenters. The zero-order chi connectivity index (χ0) is 53.7. The van der Waals surface area contributed by atoms with Crippen molar-refractivity contribution in [1.29, 1.82) is 0 Å². The van der Waals surface area contributed by atoms with E-state index in [-0.39, 0.29) is 47.5 Å². The molecule has 4 aromatic carbocycles. The van der Waals surface area contributed by atoms with Gasteiger partial charge in [-0.1, -0.05) is 171 Å². The Morgan fingerprint density at radius 3 is 0.986 bits per heavy atom. The minimum absolute atomic E-state index is 0.0561. The molecule has 0 spiro atoms. The molecular weight excluding hydrogens is 1040 g/mol. The number of hydrogen-bond donors (Lipinski definition) is 0. The average Bonchev–Trinajstić information content (AvgIpc) is 3.92. The van der Waals surface area contributed by atoms with Crippen molar-refractivity contribution in [1.82, 2.24) is 9.80 Å². The summed E-state index contributed by atoms with van der Waals surface area (Å²) < 4.78 is 28.7. The second-order valence-corrected chi connectivity index (χ2v) is 27.0.